The molecule has 2 N–H and O–H groups in total. The van der Waals surface area contributed by atoms with Crippen molar-refractivity contribution >= 4 is 28.4 Å². The Morgan fingerprint density at radius 1 is 1.00 bits per heavy atom. The Bertz CT molecular complexity index is 994. The van der Waals surface area contributed by atoms with Gasteiger partial charge in [0.15, 0.2) is 0 Å². The Balaban J connectivity index is 1.34. The van der Waals surface area contributed by atoms with Crippen LogP contribution in [0.25, 0.3) is 10.9 Å². The van der Waals surface area contributed by atoms with Crippen LogP contribution in [0.1, 0.15) is 0 Å². The van der Waals surface area contributed by atoms with E-state index in [9.17, 15) is 9.59 Å². The highest BCUT2D eigenvalue weighted by atomic mass is 16.2. The number of fused-ring (bicyclic) bond motifs is 1. The lowest BCUT2D eigenvalue weighted by molar-refractivity contribution is -0.129. The van der Waals surface area contributed by atoms with Crippen molar-refractivity contribution in [1.29, 1.82) is 0 Å². The zero-order valence-electron chi connectivity index (χ0n) is 14.9. The van der Waals surface area contributed by atoms with Gasteiger partial charge in [0, 0.05) is 31.9 Å². The fraction of sp³-hybridized carbons (Fsp3) is 0.250. The van der Waals surface area contributed by atoms with Crippen LogP contribution in [0.2, 0.25) is 0 Å². The SMILES string of the molecule is O=C(CNc1nc2ccccc2c(=O)[nH]1)N1CCN(c2ccccc2)CC1. The number of nitrogens with one attached hydrogen (secondary N) is 2. The Morgan fingerprint density at radius 3 is 2.48 bits per heavy atom. The lowest BCUT2D eigenvalue weighted by Gasteiger charge is -2.36. The number of amides is 1. The van der Waals surface area contributed by atoms with E-state index in [-0.39, 0.29) is 18.0 Å². The lowest BCUT2D eigenvalue weighted by atomic mass is 10.2. The zero-order valence-corrected chi connectivity index (χ0v) is 14.9. The predicted molar refractivity (Wildman–Crippen MR) is 106 cm³/mol. The van der Waals surface area contributed by atoms with E-state index in [1.165, 1.54) is 5.69 Å². The van der Waals surface area contributed by atoms with Crippen LogP contribution in [-0.2, 0) is 4.79 Å². The summed E-state index contributed by atoms with van der Waals surface area (Å²) in [6, 6.07) is 17.3. The molecule has 27 heavy (non-hydrogen) atoms. The van der Waals surface area contributed by atoms with Gasteiger partial charge in [-0.1, -0.05) is 30.3 Å². The molecule has 0 radical (unpaired) electrons. The van der Waals surface area contributed by atoms with Gasteiger partial charge in [-0.2, -0.15) is 0 Å². The molecule has 1 saturated heterocycles. The highest BCUT2D eigenvalue weighted by Crippen LogP contribution is 2.15. The van der Waals surface area contributed by atoms with Crippen LogP contribution in [0.3, 0.4) is 0 Å². The molecular formula is C20H21N5O2. The molecule has 1 aliphatic heterocycles. The maximum absolute atomic E-state index is 12.5. The number of carbonyl (C=O) groups excluding carboxylic acids is 1. The minimum absolute atomic E-state index is 0.00137. The normalized spacial score (nSPS) is 14.4. The molecule has 2 heterocycles. The average Bonchev–Trinajstić information content (AvgIpc) is 2.73. The first kappa shape index (κ1) is 17.1. The number of rotatable bonds is 4. The average molecular weight is 363 g/mol. The number of hydrogen-bond donors (Lipinski definition) is 2. The Morgan fingerprint density at radius 2 is 1.70 bits per heavy atom. The summed E-state index contributed by atoms with van der Waals surface area (Å²) in [6.45, 7) is 3.07. The third-order valence-corrected chi connectivity index (χ3v) is 4.77. The van der Waals surface area contributed by atoms with Crippen LogP contribution < -0.4 is 15.8 Å². The number of nitrogens with zero attached hydrogens (tertiary/aromatic N) is 3. The van der Waals surface area contributed by atoms with Crippen molar-refractivity contribution in [1.82, 2.24) is 14.9 Å². The smallest absolute Gasteiger partial charge is 0.260 e. The van der Waals surface area contributed by atoms with Crippen molar-refractivity contribution in [2.45, 2.75) is 0 Å². The molecule has 0 aliphatic carbocycles. The highest BCUT2D eigenvalue weighted by molar-refractivity contribution is 5.82. The van der Waals surface area contributed by atoms with Gasteiger partial charge in [-0.3, -0.25) is 14.6 Å². The van der Waals surface area contributed by atoms with E-state index in [1.807, 2.05) is 29.2 Å². The molecule has 0 bridgehead atoms. The summed E-state index contributed by atoms with van der Waals surface area (Å²) in [5.74, 6) is 0.313. The fourth-order valence-corrected chi connectivity index (χ4v) is 3.29. The second-order valence-electron chi connectivity index (χ2n) is 6.49. The number of hydrogen-bond acceptors (Lipinski definition) is 5. The topological polar surface area (TPSA) is 81.3 Å². The summed E-state index contributed by atoms with van der Waals surface area (Å²) in [5, 5.41) is 3.48. The molecule has 7 heteroatoms. The minimum Gasteiger partial charge on any atom is -0.368 e. The summed E-state index contributed by atoms with van der Waals surface area (Å²) >= 11 is 0. The van der Waals surface area contributed by atoms with Crippen molar-refractivity contribution in [3.8, 4) is 0 Å². The quantitative estimate of drug-likeness (QED) is 0.737. The van der Waals surface area contributed by atoms with Crippen LogP contribution in [-0.4, -0.2) is 53.5 Å². The molecule has 4 rings (SSSR count). The molecular weight excluding hydrogens is 342 g/mol. The van der Waals surface area contributed by atoms with Gasteiger partial charge >= 0.3 is 0 Å². The van der Waals surface area contributed by atoms with Gasteiger partial charge in [0.1, 0.15) is 0 Å². The van der Waals surface area contributed by atoms with Gasteiger partial charge in [-0.05, 0) is 24.3 Å². The molecule has 0 spiro atoms. The van der Waals surface area contributed by atoms with E-state index in [1.54, 1.807) is 18.2 Å². The molecule has 0 saturated carbocycles. The van der Waals surface area contributed by atoms with Crippen LogP contribution in [0, 0.1) is 0 Å². The number of benzene rings is 2. The Kier molecular flexibility index (Phi) is 4.74. The first-order valence-corrected chi connectivity index (χ1v) is 9.01. The summed E-state index contributed by atoms with van der Waals surface area (Å²) in [5.41, 5.74) is 1.57. The van der Waals surface area contributed by atoms with E-state index in [0.29, 0.717) is 29.9 Å². The number of carbonyl (C=O) groups is 1. The number of anilines is 2. The van der Waals surface area contributed by atoms with E-state index in [4.69, 9.17) is 0 Å². The van der Waals surface area contributed by atoms with Gasteiger partial charge in [0.05, 0.1) is 17.4 Å². The number of aromatic nitrogens is 2. The predicted octanol–water partition coefficient (Wildman–Crippen LogP) is 1.68. The maximum Gasteiger partial charge on any atom is 0.260 e. The van der Waals surface area contributed by atoms with E-state index >= 15 is 0 Å². The Labute approximate surface area is 156 Å². The number of H-pyrrole nitrogens is 1. The Hall–Kier alpha value is -3.35. The van der Waals surface area contributed by atoms with E-state index in [0.717, 1.165) is 13.1 Å². The highest BCUT2D eigenvalue weighted by Gasteiger charge is 2.21. The largest absolute Gasteiger partial charge is 0.368 e. The molecule has 0 atom stereocenters. The standard InChI is InChI=1S/C20H21N5O2/c26-18(25-12-10-24(11-13-25)15-6-2-1-3-7-15)14-21-20-22-17-9-5-4-8-16(17)19(27)23-20/h1-9H,10-14H2,(H2,21,22,23,27). The third-order valence-electron chi connectivity index (χ3n) is 4.77. The van der Waals surface area contributed by atoms with Gasteiger partial charge in [0.25, 0.3) is 5.56 Å². The minimum atomic E-state index is -0.216. The van der Waals surface area contributed by atoms with Crippen LogP contribution in [0.5, 0.6) is 0 Å². The molecule has 2 aromatic carbocycles. The van der Waals surface area contributed by atoms with Crippen LogP contribution in [0.15, 0.2) is 59.4 Å². The first-order valence-electron chi connectivity index (χ1n) is 9.01. The van der Waals surface area contributed by atoms with E-state index in [2.05, 4.69) is 32.3 Å². The molecule has 3 aromatic rings. The van der Waals surface area contributed by atoms with E-state index < -0.39 is 0 Å². The number of piperazine rings is 1. The first-order chi connectivity index (χ1) is 13.2. The molecule has 0 unspecified atom stereocenters. The summed E-state index contributed by atoms with van der Waals surface area (Å²) < 4.78 is 0. The van der Waals surface area contributed by atoms with Crippen LogP contribution >= 0.6 is 0 Å². The van der Waals surface area contributed by atoms with Crippen LogP contribution in [0.4, 0.5) is 11.6 Å². The molecule has 1 aromatic heterocycles. The second kappa shape index (κ2) is 7.49. The number of para-hydroxylation sites is 2. The zero-order chi connectivity index (χ0) is 18.6. The molecule has 7 nitrogen and oxygen atoms in total. The van der Waals surface area contributed by atoms with Gasteiger partial charge < -0.3 is 15.1 Å². The molecule has 1 aliphatic rings. The molecule has 1 amide bonds. The van der Waals surface area contributed by atoms with Gasteiger partial charge in [-0.15, -0.1) is 0 Å². The monoisotopic (exact) mass is 363 g/mol. The summed E-state index contributed by atoms with van der Waals surface area (Å²) in [4.78, 5) is 35.7. The van der Waals surface area contributed by atoms with Gasteiger partial charge in [0.2, 0.25) is 11.9 Å². The van der Waals surface area contributed by atoms with Crippen molar-refractivity contribution in [3.05, 3.63) is 65.0 Å². The third kappa shape index (κ3) is 3.76. The molecule has 1 fully saturated rings. The number of aromatic amines is 1. The van der Waals surface area contributed by atoms with Crippen molar-refractivity contribution in [3.63, 3.8) is 0 Å². The van der Waals surface area contributed by atoms with Gasteiger partial charge in [-0.25, -0.2) is 4.98 Å². The molecule has 138 valence electrons. The van der Waals surface area contributed by atoms with Crippen molar-refractivity contribution in [2.75, 3.05) is 42.9 Å². The van der Waals surface area contributed by atoms with Crippen molar-refractivity contribution < 1.29 is 4.79 Å². The summed E-state index contributed by atoms with van der Waals surface area (Å²) in [7, 11) is 0. The fourth-order valence-electron chi connectivity index (χ4n) is 3.29. The van der Waals surface area contributed by atoms with Crippen molar-refractivity contribution in [2.24, 2.45) is 0 Å². The lowest BCUT2D eigenvalue weighted by Crippen LogP contribution is -2.50. The summed E-state index contributed by atoms with van der Waals surface area (Å²) in [6.07, 6.45) is 0. The second-order valence-corrected chi connectivity index (χ2v) is 6.49. The maximum atomic E-state index is 12.5.